The minimum atomic E-state index is -0.733. The number of halogens is 1. The van der Waals surface area contributed by atoms with Gasteiger partial charge in [0.05, 0.1) is 13.2 Å². The second-order valence-electron chi connectivity index (χ2n) is 3.27. The Labute approximate surface area is 94.0 Å². The number of hydrogen-bond acceptors (Lipinski definition) is 4. The lowest BCUT2D eigenvalue weighted by atomic mass is 10.1. The van der Waals surface area contributed by atoms with E-state index in [0.29, 0.717) is 16.3 Å². The summed E-state index contributed by atoms with van der Waals surface area (Å²) in [6, 6.07) is 3.48. The van der Waals surface area contributed by atoms with Crippen LogP contribution in [0.15, 0.2) is 12.1 Å². The number of nitrogens with two attached hydrogens (primary N) is 1. The maximum absolute atomic E-state index is 9.77. The van der Waals surface area contributed by atoms with E-state index in [-0.39, 0.29) is 6.54 Å². The average molecular weight is 231 g/mol. The number of benzene rings is 1. The first-order valence-electron chi connectivity index (χ1n) is 4.55. The van der Waals surface area contributed by atoms with Gasteiger partial charge in [0.1, 0.15) is 5.75 Å². The summed E-state index contributed by atoms with van der Waals surface area (Å²) in [5.41, 5.74) is 3.94. The molecule has 15 heavy (non-hydrogen) atoms. The summed E-state index contributed by atoms with van der Waals surface area (Å²) in [6.45, 7) is 2.12. The highest BCUT2D eigenvalue weighted by molar-refractivity contribution is 6.31. The fourth-order valence-electron chi connectivity index (χ4n) is 1.33. The molecule has 0 bridgehead atoms. The number of nitrogens with one attached hydrogen (secondary N) is 1. The van der Waals surface area contributed by atoms with Crippen molar-refractivity contribution >= 4 is 11.6 Å². The van der Waals surface area contributed by atoms with Crippen LogP contribution in [-0.4, -0.2) is 18.8 Å². The second kappa shape index (κ2) is 5.32. The molecule has 1 aromatic rings. The predicted octanol–water partition coefficient (Wildman–Crippen LogP) is 1.15. The molecule has 1 unspecified atom stereocenters. The second-order valence-corrected chi connectivity index (χ2v) is 3.67. The molecular formula is C10H15ClN2O2. The minimum absolute atomic E-state index is 0.246. The molecule has 4 nitrogen and oxygen atoms in total. The summed E-state index contributed by atoms with van der Waals surface area (Å²) in [4.78, 5) is 0. The zero-order valence-corrected chi connectivity index (χ0v) is 9.51. The first kappa shape index (κ1) is 12.3. The molecule has 0 heterocycles. The van der Waals surface area contributed by atoms with Gasteiger partial charge in [-0.15, -0.1) is 0 Å². The van der Waals surface area contributed by atoms with E-state index in [1.807, 2.05) is 6.92 Å². The van der Waals surface area contributed by atoms with Gasteiger partial charge in [-0.3, -0.25) is 11.3 Å². The fourth-order valence-corrected chi connectivity index (χ4v) is 1.50. The topological polar surface area (TPSA) is 67.5 Å². The highest BCUT2D eigenvalue weighted by Crippen LogP contribution is 2.30. The van der Waals surface area contributed by atoms with Crippen molar-refractivity contribution in [2.75, 3.05) is 13.7 Å². The van der Waals surface area contributed by atoms with E-state index in [9.17, 15) is 5.11 Å². The average Bonchev–Trinajstić information content (AvgIpc) is 2.21. The van der Waals surface area contributed by atoms with Crippen molar-refractivity contribution in [3.8, 4) is 5.75 Å². The summed E-state index contributed by atoms with van der Waals surface area (Å²) in [7, 11) is 1.55. The van der Waals surface area contributed by atoms with E-state index in [0.717, 1.165) is 5.56 Å². The zero-order chi connectivity index (χ0) is 11.4. The normalized spacial score (nSPS) is 12.6. The van der Waals surface area contributed by atoms with Gasteiger partial charge in [-0.25, -0.2) is 0 Å². The van der Waals surface area contributed by atoms with Crippen molar-refractivity contribution in [1.82, 2.24) is 5.43 Å². The van der Waals surface area contributed by atoms with Gasteiger partial charge in [0.2, 0.25) is 0 Å². The molecule has 1 aromatic carbocycles. The number of aliphatic hydroxyl groups excluding tert-OH is 1. The highest BCUT2D eigenvalue weighted by Gasteiger charge is 2.14. The van der Waals surface area contributed by atoms with E-state index >= 15 is 0 Å². The molecule has 0 aliphatic heterocycles. The molecule has 0 radical (unpaired) electrons. The number of rotatable bonds is 4. The molecule has 5 heteroatoms. The quantitative estimate of drug-likeness (QED) is 0.536. The van der Waals surface area contributed by atoms with Crippen molar-refractivity contribution in [2.24, 2.45) is 5.84 Å². The molecule has 1 rings (SSSR count). The third-order valence-electron chi connectivity index (χ3n) is 2.18. The first-order chi connectivity index (χ1) is 7.10. The Bertz CT molecular complexity index is 344. The molecule has 0 aliphatic rings. The molecule has 84 valence electrons. The van der Waals surface area contributed by atoms with Crippen LogP contribution in [0.2, 0.25) is 5.02 Å². The van der Waals surface area contributed by atoms with Crippen molar-refractivity contribution in [3.05, 3.63) is 28.3 Å². The zero-order valence-electron chi connectivity index (χ0n) is 8.75. The molecular weight excluding hydrogens is 216 g/mol. The number of hydrazine groups is 1. The van der Waals surface area contributed by atoms with Crippen LogP contribution in [0.1, 0.15) is 17.2 Å². The third-order valence-corrected chi connectivity index (χ3v) is 2.59. The Kier molecular flexibility index (Phi) is 4.35. The molecule has 0 amide bonds. The summed E-state index contributed by atoms with van der Waals surface area (Å²) < 4.78 is 5.16. The molecule has 0 saturated heterocycles. The molecule has 0 aromatic heterocycles. The van der Waals surface area contributed by atoms with E-state index in [4.69, 9.17) is 22.2 Å². The first-order valence-corrected chi connectivity index (χ1v) is 4.93. The largest absolute Gasteiger partial charge is 0.496 e. The monoisotopic (exact) mass is 230 g/mol. The SMILES string of the molecule is COc1cc(C)c(Cl)cc1C(O)CNN. The van der Waals surface area contributed by atoms with Crippen LogP contribution in [-0.2, 0) is 0 Å². The Morgan fingerprint density at radius 3 is 2.80 bits per heavy atom. The van der Waals surface area contributed by atoms with Gasteiger partial charge >= 0.3 is 0 Å². The van der Waals surface area contributed by atoms with Crippen LogP contribution < -0.4 is 16.0 Å². The summed E-state index contributed by atoms with van der Waals surface area (Å²) in [5, 5.41) is 10.4. The third kappa shape index (κ3) is 2.82. The molecule has 1 atom stereocenters. The molecule has 0 fully saturated rings. The summed E-state index contributed by atoms with van der Waals surface area (Å²) in [5.74, 6) is 5.75. The van der Waals surface area contributed by atoms with E-state index in [2.05, 4.69) is 5.43 Å². The van der Waals surface area contributed by atoms with E-state index in [1.165, 1.54) is 0 Å². The standard InChI is InChI=1S/C10H15ClN2O2/c1-6-3-10(15-2)7(4-8(6)11)9(14)5-13-12/h3-4,9,13-14H,5,12H2,1-2H3. The van der Waals surface area contributed by atoms with Gasteiger partial charge in [0.15, 0.2) is 0 Å². The van der Waals surface area contributed by atoms with Crippen molar-refractivity contribution < 1.29 is 9.84 Å². The Hall–Kier alpha value is -0.810. The van der Waals surface area contributed by atoms with E-state index < -0.39 is 6.10 Å². The van der Waals surface area contributed by atoms with Gasteiger partial charge in [0, 0.05) is 17.1 Å². The lowest BCUT2D eigenvalue weighted by molar-refractivity contribution is 0.171. The van der Waals surface area contributed by atoms with Crippen molar-refractivity contribution in [3.63, 3.8) is 0 Å². The number of aryl methyl sites for hydroxylation is 1. The Morgan fingerprint density at radius 2 is 2.27 bits per heavy atom. The van der Waals surface area contributed by atoms with Crippen molar-refractivity contribution in [1.29, 1.82) is 0 Å². The minimum Gasteiger partial charge on any atom is -0.496 e. The molecule has 0 aliphatic carbocycles. The van der Waals surface area contributed by atoms with Crippen LogP contribution in [0.5, 0.6) is 5.75 Å². The van der Waals surface area contributed by atoms with Crippen LogP contribution in [0.4, 0.5) is 0 Å². The van der Waals surface area contributed by atoms with Gasteiger partial charge in [0.25, 0.3) is 0 Å². The highest BCUT2D eigenvalue weighted by atomic mass is 35.5. The van der Waals surface area contributed by atoms with Crippen LogP contribution in [0, 0.1) is 6.92 Å². The number of hydrogen-bond donors (Lipinski definition) is 3. The van der Waals surface area contributed by atoms with Crippen LogP contribution >= 0.6 is 11.6 Å². The number of aliphatic hydroxyl groups is 1. The van der Waals surface area contributed by atoms with Gasteiger partial charge in [-0.05, 0) is 24.6 Å². The summed E-state index contributed by atoms with van der Waals surface area (Å²) >= 11 is 5.97. The smallest absolute Gasteiger partial charge is 0.125 e. The van der Waals surface area contributed by atoms with Gasteiger partial charge < -0.3 is 9.84 Å². The Morgan fingerprint density at radius 1 is 1.60 bits per heavy atom. The fraction of sp³-hybridized carbons (Fsp3) is 0.400. The van der Waals surface area contributed by atoms with Gasteiger partial charge in [-0.1, -0.05) is 11.6 Å². The van der Waals surface area contributed by atoms with Crippen LogP contribution in [0.25, 0.3) is 0 Å². The van der Waals surface area contributed by atoms with Gasteiger partial charge in [-0.2, -0.15) is 0 Å². The number of ether oxygens (including phenoxy) is 1. The maximum atomic E-state index is 9.77. The molecule has 0 saturated carbocycles. The van der Waals surface area contributed by atoms with Crippen molar-refractivity contribution in [2.45, 2.75) is 13.0 Å². The summed E-state index contributed by atoms with van der Waals surface area (Å²) in [6.07, 6.45) is -0.733. The number of methoxy groups -OCH3 is 1. The van der Waals surface area contributed by atoms with Crippen LogP contribution in [0.3, 0.4) is 0 Å². The molecule has 0 spiro atoms. The van der Waals surface area contributed by atoms with E-state index in [1.54, 1.807) is 19.2 Å². The predicted molar refractivity (Wildman–Crippen MR) is 59.9 cm³/mol. The maximum Gasteiger partial charge on any atom is 0.125 e. The Balaban J connectivity index is 3.09. The lowest BCUT2D eigenvalue weighted by Crippen LogP contribution is -2.27. The lowest BCUT2D eigenvalue weighted by Gasteiger charge is -2.15. The molecule has 4 N–H and O–H groups in total.